The molecule has 0 bridgehead atoms. The maximum atomic E-state index is 11.7. The smallest absolute Gasteiger partial charge is 0.331 e. The Labute approximate surface area is 113 Å². The van der Waals surface area contributed by atoms with Crippen LogP contribution >= 0.6 is 0 Å². The molecule has 2 unspecified atom stereocenters. The van der Waals surface area contributed by atoms with Crippen LogP contribution in [-0.4, -0.2) is 31.3 Å². The Balaban J connectivity index is 2.45. The molecule has 1 heterocycles. The van der Waals surface area contributed by atoms with Crippen molar-refractivity contribution in [2.75, 3.05) is 0 Å². The van der Waals surface area contributed by atoms with Crippen LogP contribution < -0.4 is 0 Å². The molecule has 2 atom stereocenters. The third-order valence-electron chi connectivity index (χ3n) is 4.66. The van der Waals surface area contributed by atoms with E-state index >= 15 is 0 Å². The van der Waals surface area contributed by atoms with Gasteiger partial charge in [0, 0.05) is 5.92 Å². The van der Waals surface area contributed by atoms with E-state index in [1.54, 1.807) is 4.68 Å². The SMILES string of the molecule is CCC(CC)(C(=O)O)n1nnnc1C1CCCC1C. The van der Waals surface area contributed by atoms with Crippen LogP contribution in [0, 0.1) is 5.92 Å². The van der Waals surface area contributed by atoms with E-state index in [4.69, 9.17) is 0 Å². The van der Waals surface area contributed by atoms with Gasteiger partial charge >= 0.3 is 5.97 Å². The van der Waals surface area contributed by atoms with Crippen LogP contribution in [0.1, 0.15) is 64.6 Å². The van der Waals surface area contributed by atoms with Crippen LogP contribution in [0.4, 0.5) is 0 Å². The summed E-state index contributed by atoms with van der Waals surface area (Å²) >= 11 is 0. The first kappa shape index (κ1) is 14.0. The fourth-order valence-corrected chi connectivity index (χ4v) is 3.20. The number of aliphatic carboxylic acids is 1. The van der Waals surface area contributed by atoms with E-state index in [2.05, 4.69) is 22.4 Å². The largest absolute Gasteiger partial charge is 0.479 e. The molecule has 2 rings (SSSR count). The first-order chi connectivity index (χ1) is 9.06. The number of carboxylic acids is 1. The zero-order valence-corrected chi connectivity index (χ0v) is 11.8. The van der Waals surface area contributed by atoms with Gasteiger partial charge in [-0.3, -0.25) is 0 Å². The summed E-state index contributed by atoms with van der Waals surface area (Å²) in [6.45, 7) is 5.94. The molecule has 1 N–H and O–H groups in total. The van der Waals surface area contributed by atoms with Crippen LogP contribution in [0.25, 0.3) is 0 Å². The molecule has 6 nitrogen and oxygen atoms in total. The molecule has 0 spiro atoms. The first-order valence-corrected chi connectivity index (χ1v) is 7.09. The highest BCUT2D eigenvalue weighted by Crippen LogP contribution is 2.40. The monoisotopic (exact) mass is 266 g/mol. The standard InChI is InChI=1S/C13H22N4O2/c1-4-13(5-2,12(18)19)17-11(14-15-16-17)10-8-6-7-9(10)3/h9-10H,4-8H2,1-3H3,(H,18,19). The van der Waals surface area contributed by atoms with Crippen LogP contribution in [-0.2, 0) is 10.3 Å². The zero-order valence-electron chi connectivity index (χ0n) is 11.8. The Morgan fingerprint density at radius 2 is 2.11 bits per heavy atom. The summed E-state index contributed by atoms with van der Waals surface area (Å²) in [6.07, 6.45) is 4.34. The molecule has 1 fully saturated rings. The molecule has 1 aliphatic carbocycles. The lowest BCUT2D eigenvalue weighted by atomic mass is 9.90. The summed E-state index contributed by atoms with van der Waals surface area (Å²) < 4.78 is 1.57. The van der Waals surface area contributed by atoms with Crippen molar-refractivity contribution in [3.8, 4) is 0 Å². The average Bonchev–Trinajstić information content (AvgIpc) is 3.00. The molecule has 0 aromatic carbocycles. The molecular formula is C13H22N4O2. The molecular weight excluding hydrogens is 244 g/mol. The summed E-state index contributed by atoms with van der Waals surface area (Å²) in [6, 6.07) is 0. The lowest BCUT2D eigenvalue weighted by Gasteiger charge is -2.29. The molecule has 6 heteroatoms. The number of rotatable bonds is 5. The van der Waals surface area contributed by atoms with Crippen molar-refractivity contribution in [3.63, 3.8) is 0 Å². The minimum Gasteiger partial charge on any atom is -0.479 e. The first-order valence-electron chi connectivity index (χ1n) is 7.09. The summed E-state index contributed by atoms with van der Waals surface area (Å²) in [7, 11) is 0. The molecule has 0 radical (unpaired) electrons. The number of nitrogens with zero attached hydrogens (tertiary/aromatic N) is 4. The zero-order chi connectivity index (χ0) is 14.0. The van der Waals surface area contributed by atoms with Gasteiger partial charge in [-0.25, -0.2) is 9.48 Å². The van der Waals surface area contributed by atoms with Crippen molar-refractivity contribution in [3.05, 3.63) is 5.82 Å². The van der Waals surface area contributed by atoms with Gasteiger partial charge in [0.2, 0.25) is 0 Å². The minimum atomic E-state index is -1.01. The van der Waals surface area contributed by atoms with Crippen LogP contribution in [0.5, 0.6) is 0 Å². The van der Waals surface area contributed by atoms with Gasteiger partial charge in [-0.2, -0.15) is 0 Å². The van der Waals surface area contributed by atoms with Gasteiger partial charge in [-0.15, -0.1) is 5.10 Å². The van der Waals surface area contributed by atoms with Gasteiger partial charge in [-0.05, 0) is 42.0 Å². The van der Waals surface area contributed by atoms with Gasteiger partial charge in [0.15, 0.2) is 11.4 Å². The fraction of sp³-hybridized carbons (Fsp3) is 0.846. The van der Waals surface area contributed by atoms with E-state index in [1.807, 2.05) is 13.8 Å². The quantitative estimate of drug-likeness (QED) is 0.883. The average molecular weight is 266 g/mol. The van der Waals surface area contributed by atoms with Crippen molar-refractivity contribution in [1.82, 2.24) is 20.2 Å². The number of hydrogen-bond donors (Lipinski definition) is 1. The number of tetrazole rings is 1. The third-order valence-corrected chi connectivity index (χ3v) is 4.66. The van der Waals surface area contributed by atoms with E-state index < -0.39 is 11.5 Å². The Hall–Kier alpha value is -1.46. The summed E-state index contributed by atoms with van der Waals surface area (Å²) in [5, 5.41) is 21.5. The molecule has 0 saturated heterocycles. The maximum absolute atomic E-state index is 11.7. The van der Waals surface area contributed by atoms with Crippen molar-refractivity contribution >= 4 is 5.97 Å². The second-order valence-corrected chi connectivity index (χ2v) is 5.51. The normalized spacial score (nSPS) is 23.7. The summed E-state index contributed by atoms with van der Waals surface area (Å²) in [5.74, 6) is 0.699. The van der Waals surface area contributed by atoms with Crippen molar-refractivity contribution < 1.29 is 9.90 Å². The number of carboxylic acid groups (broad SMARTS) is 1. The third kappa shape index (κ3) is 2.13. The van der Waals surface area contributed by atoms with Crippen LogP contribution in [0.3, 0.4) is 0 Å². The molecule has 106 valence electrons. The summed E-state index contributed by atoms with van der Waals surface area (Å²) in [4.78, 5) is 11.7. The van der Waals surface area contributed by atoms with Gasteiger partial charge in [0.25, 0.3) is 0 Å². The molecule has 1 saturated carbocycles. The molecule has 1 aromatic rings. The molecule has 0 aliphatic heterocycles. The van der Waals surface area contributed by atoms with Gasteiger partial charge in [0.1, 0.15) is 0 Å². The number of hydrogen-bond acceptors (Lipinski definition) is 4. The number of aromatic nitrogens is 4. The van der Waals surface area contributed by atoms with E-state index in [-0.39, 0.29) is 5.92 Å². The Bertz CT molecular complexity index is 453. The fourth-order valence-electron chi connectivity index (χ4n) is 3.20. The van der Waals surface area contributed by atoms with E-state index in [1.165, 1.54) is 0 Å². The van der Waals surface area contributed by atoms with E-state index in [9.17, 15) is 9.90 Å². The molecule has 1 aliphatic rings. The molecule has 1 aromatic heterocycles. The predicted octanol–water partition coefficient (Wildman–Crippen LogP) is 2.18. The minimum absolute atomic E-state index is 0.284. The Morgan fingerprint density at radius 1 is 1.42 bits per heavy atom. The van der Waals surface area contributed by atoms with E-state index in [0.717, 1.165) is 25.1 Å². The van der Waals surface area contributed by atoms with Crippen molar-refractivity contribution in [2.24, 2.45) is 5.92 Å². The highest BCUT2D eigenvalue weighted by molar-refractivity contribution is 5.76. The highest BCUT2D eigenvalue weighted by Gasteiger charge is 2.42. The number of carbonyl (C=O) groups is 1. The Morgan fingerprint density at radius 3 is 2.58 bits per heavy atom. The van der Waals surface area contributed by atoms with Gasteiger partial charge in [0.05, 0.1) is 0 Å². The van der Waals surface area contributed by atoms with Crippen molar-refractivity contribution in [1.29, 1.82) is 0 Å². The molecule has 19 heavy (non-hydrogen) atoms. The van der Waals surface area contributed by atoms with Crippen LogP contribution in [0.2, 0.25) is 0 Å². The second kappa shape index (κ2) is 5.27. The van der Waals surface area contributed by atoms with Crippen molar-refractivity contribution in [2.45, 2.75) is 64.3 Å². The topological polar surface area (TPSA) is 80.9 Å². The van der Waals surface area contributed by atoms with Gasteiger partial charge < -0.3 is 5.11 Å². The molecule has 0 amide bonds. The summed E-state index contributed by atoms with van der Waals surface area (Å²) in [5.41, 5.74) is -1.01. The van der Waals surface area contributed by atoms with Crippen LogP contribution in [0.15, 0.2) is 0 Å². The lowest BCUT2D eigenvalue weighted by molar-refractivity contribution is -0.149. The van der Waals surface area contributed by atoms with E-state index in [0.29, 0.717) is 18.8 Å². The maximum Gasteiger partial charge on any atom is 0.331 e. The second-order valence-electron chi connectivity index (χ2n) is 5.51. The Kier molecular flexibility index (Phi) is 3.87. The van der Waals surface area contributed by atoms with Gasteiger partial charge in [-0.1, -0.05) is 27.2 Å². The predicted molar refractivity (Wildman–Crippen MR) is 69.8 cm³/mol. The lowest BCUT2D eigenvalue weighted by Crippen LogP contribution is -2.43. The highest BCUT2D eigenvalue weighted by atomic mass is 16.4.